The number of guanidine groups is 1. The van der Waals surface area contributed by atoms with E-state index in [0.29, 0.717) is 5.96 Å². The van der Waals surface area contributed by atoms with Crippen molar-refractivity contribution < 1.29 is 0 Å². The molecule has 0 aliphatic carbocycles. The quantitative estimate of drug-likeness (QED) is 0.495. The zero-order chi connectivity index (χ0) is 7.56. The number of amidine groups is 1. The highest BCUT2D eigenvalue weighted by molar-refractivity contribution is 5.96. The molecule has 1 heterocycles. The lowest BCUT2D eigenvalue weighted by molar-refractivity contribution is 0.681. The summed E-state index contributed by atoms with van der Waals surface area (Å²) < 4.78 is 0. The van der Waals surface area contributed by atoms with Crippen LogP contribution in [0.3, 0.4) is 0 Å². The maximum absolute atomic E-state index is 4.16. The Balaban J connectivity index is 2.72. The molecular formula is C6H12N4. The van der Waals surface area contributed by atoms with Crippen molar-refractivity contribution in [3.8, 4) is 0 Å². The van der Waals surface area contributed by atoms with E-state index >= 15 is 0 Å². The van der Waals surface area contributed by atoms with Crippen LogP contribution in [0.25, 0.3) is 0 Å². The van der Waals surface area contributed by atoms with Gasteiger partial charge in [0.05, 0.1) is 0 Å². The minimum Gasteiger partial charge on any atom is -0.357 e. The van der Waals surface area contributed by atoms with Crippen molar-refractivity contribution in [2.75, 3.05) is 7.05 Å². The van der Waals surface area contributed by atoms with Crippen LogP contribution in [-0.4, -0.2) is 25.0 Å². The van der Waals surface area contributed by atoms with Gasteiger partial charge in [-0.25, -0.2) is 9.98 Å². The first-order chi connectivity index (χ1) is 4.72. The molecule has 1 rings (SSSR count). The van der Waals surface area contributed by atoms with E-state index in [1.54, 1.807) is 0 Å². The van der Waals surface area contributed by atoms with E-state index in [-0.39, 0.29) is 6.17 Å². The van der Waals surface area contributed by atoms with Gasteiger partial charge in [-0.2, -0.15) is 0 Å². The fraction of sp³-hybridized carbons (Fsp3) is 0.667. The van der Waals surface area contributed by atoms with Crippen LogP contribution in [-0.2, 0) is 0 Å². The highest BCUT2D eigenvalue weighted by atomic mass is 15.3. The first-order valence-corrected chi connectivity index (χ1v) is 3.30. The fourth-order valence-electron chi connectivity index (χ4n) is 0.858. The highest BCUT2D eigenvalue weighted by Crippen LogP contribution is 1.93. The summed E-state index contributed by atoms with van der Waals surface area (Å²) in [5.41, 5.74) is 0. The summed E-state index contributed by atoms with van der Waals surface area (Å²) in [5, 5.41) is 5.95. The molecule has 0 saturated carbocycles. The van der Waals surface area contributed by atoms with Gasteiger partial charge >= 0.3 is 0 Å². The zero-order valence-corrected chi connectivity index (χ0v) is 6.47. The van der Waals surface area contributed by atoms with Gasteiger partial charge in [0.1, 0.15) is 12.0 Å². The molecule has 0 spiro atoms. The molecule has 0 aromatic carbocycles. The first kappa shape index (κ1) is 7.05. The summed E-state index contributed by atoms with van der Waals surface area (Å²) in [5.74, 6) is 1.61. The molecular weight excluding hydrogens is 128 g/mol. The van der Waals surface area contributed by atoms with Crippen LogP contribution in [0.15, 0.2) is 9.98 Å². The van der Waals surface area contributed by atoms with Crippen molar-refractivity contribution in [3.63, 3.8) is 0 Å². The lowest BCUT2D eigenvalue weighted by Gasteiger charge is -2.16. The normalized spacial score (nSPS) is 24.5. The van der Waals surface area contributed by atoms with Gasteiger partial charge in [-0.3, -0.25) is 0 Å². The average molecular weight is 140 g/mol. The minimum absolute atomic E-state index is 0.139. The van der Waals surface area contributed by atoms with Gasteiger partial charge < -0.3 is 10.6 Å². The van der Waals surface area contributed by atoms with Gasteiger partial charge in [0, 0.05) is 7.05 Å². The van der Waals surface area contributed by atoms with Crippen molar-refractivity contribution in [1.82, 2.24) is 10.6 Å². The van der Waals surface area contributed by atoms with Gasteiger partial charge in [0.2, 0.25) is 5.96 Å². The molecule has 1 unspecified atom stereocenters. The van der Waals surface area contributed by atoms with Crippen LogP contribution in [0.2, 0.25) is 0 Å². The second kappa shape index (κ2) is 2.68. The van der Waals surface area contributed by atoms with Gasteiger partial charge in [-0.05, 0) is 13.8 Å². The topological polar surface area (TPSA) is 48.8 Å². The number of hydrogen-bond donors (Lipinski definition) is 2. The summed E-state index contributed by atoms with van der Waals surface area (Å²) in [4.78, 5) is 8.25. The molecule has 1 aliphatic rings. The Labute approximate surface area is 60.4 Å². The predicted molar refractivity (Wildman–Crippen MR) is 42.2 cm³/mol. The maximum Gasteiger partial charge on any atom is 0.221 e. The lowest BCUT2D eigenvalue weighted by atomic mass is 10.5. The third-order valence-electron chi connectivity index (χ3n) is 1.23. The second-order valence-corrected chi connectivity index (χ2v) is 2.22. The van der Waals surface area contributed by atoms with E-state index in [1.165, 1.54) is 0 Å². The van der Waals surface area contributed by atoms with E-state index in [2.05, 4.69) is 20.6 Å². The van der Waals surface area contributed by atoms with Crippen molar-refractivity contribution in [2.45, 2.75) is 20.0 Å². The van der Waals surface area contributed by atoms with Gasteiger partial charge in [0.15, 0.2) is 0 Å². The maximum atomic E-state index is 4.16. The zero-order valence-electron chi connectivity index (χ0n) is 6.47. The molecule has 0 radical (unpaired) electrons. The summed E-state index contributed by atoms with van der Waals surface area (Å²) in [7, 11) is 1.81. The minimum atomic E-state index is 0.139. The van der Waals surface area contributed by atoms with Crippen LogP contribution in [0.1, 0.15) is 13.8 Å². The number of hydrogen-bond acceptors (Lipinski definition) is 4. The van der Waals surface area contributed by atoms with Gasteiger partial charge in [-0.15, -0.1) is 0 Å². The van der Waals surface area contributed by atoms with Crippen LogP contribution in [0.5, 0.6) is 0 Å². The molecule has 2 N–H and O–H groups in total. The molecule has 56 valence electrons. The molecule has 4 heteroatoms. The summed E-state index contributed by atoms with van der Waals surface area (Å²) >= 11 is 0. The molecule has 0 saturated heterocycles. The molecule has 1 aliphatic heterocycles. The fourth-order valence-corrected chi connectivity index (χ4v) is 0.858. The monoisotopic (exact) mass is 140 g/mol. The number of nitrogens with zero attached hydrogens (tertiary/aromatic N) is 2. The summed E-state index contributed by atoms with van der Waals surface area (Å²) in [6, 6.07) is 0. The third-order valence-corrected chi connectivity index (χ3v) is 1.23. The Kier molecular flexibility index (Phi) is 1.89. The highest BCUT2D eigenvalue weighted by Gasteiger charge is 2.06. The summed E-state index contributed by atoms with van der Waals surface area (Å²) in [6.07, 6.45) is 0.139. The average Bonchev–Trinajstić information content (AvgIpc) is 1.85. The van der Waals surface area contributed by atoms with Crippen LogP contribution in [0, 0.1) is 0 Å². The van der Waals surface area contributed by atoms with Crippen molar-refractivity contribution >= 4 is 11.8 Å². The Morgan fingerprint density at radius 2 is 2.30 bits per heavy atom. The van der Waals surface area contributed by atoms with Gasteiger partial charge in [0.25, 0.3) is 0 Å². The smallest absolute Gasteiger partial charge is 0.221 e. The molecule has 0 aromatic heterocycles. The van der Waals surface area contributed by atoms with Crippen molar-refractivity contribution in [3.05, 3.63) is 0 Å². The van der Waals surface area contributed by atoms with Gasteiger partial charge in [-0.1, -0.05) is 0 Å². The molecule has 1 atom stereocenters. The number of rotatable bonds is 0. The predicted octanol–water partition coefficient (Wildman–Crippen LogP) is -0.0706. The summed E-state index contributed by atoms with van der Waals surface area (Å²) in [6.45, 7) is 3.90. The molecule has 0 amide bonds. The Morgan fingerprint density at radius 1 is 1.60 bits per heavy atom. The Hall–Kier alpha value is -1.06. The first-order valence-electron chi connectivity index (χ1n) is 3.30. The molecule has 10 heavy (non-hydrogen) atoms. The standard InChI is InChI=1S/C6H12N4/c1-4-8-5(2)10-6(7-3)9-4/h4H,1-3H3,(H2,7,8,9,10). The van der Waals surface area contributed by atoms with E-state index in [4.69, 9.17) is 0 Å². The Morgan fingerprint density at radius 3 is 2.80 bits per heavy atom. The molecule has 0 fully saturated rings. The van der Waals surface area contributed by atoms with E-state index in [1.807, 2.05) is 20.9 Å². The van der Waals surface area contributed by atoms with Crippen LogP contribution >= 0.6 is 0 Å². The number of aliphatic imine (C=N–C) groups is 2. The van der Waals surface area contributed by atoms with Crippen molar-refractivity contribution in [2.24, 2.45) is 9.98 Å². The largest absolute Gasteiger partial charge is 0.357 e. The number of nitrogens with one attached hydrogen (secondary N) is 2. The van der Waals surface area contributed by atoms with E-state index in [9.17, 15) is 0 Å². The van der Waals surface area contributed by atoms with Crippen LogP contribution < -0.4 is 10.6 Å². The SMILES string of the molecule is CNC1=NC(C)NC(C)=N1. The lowest BCUT2D eigenvalue weighted by Crippen LogP contribution is -2.37. The van der Waals surface area contributed by atoms with E-state index in [0.717, 1.165) is 5.84 Å². The van der Waals surface area contributed by atoms with Crippen LogP contribution in [0.4, 0.5) is 0 Å². The molecule has 4 nitrogen and oxygen atoms in total. The second-order valence-electron chi connectivity index (χ2n) is 2.22. The third kappa shape index (κ3) is 1.46. The molecule has 0 aromatic rings. The van der Waals surface area contributed by atoms with E-state index < -0.39 is 0 Å². The Bertz CT molecular complexity index is 182. The van der Waals surface area contributed by atoms with Crippen molar-refractivity contribution in [1.29, 1.82) is 0 Å². The molecule has 0 bridgehead atoms.